The van der Waals surface area contributed by atoms with Crippen molar-refractivity contribution in [2.75, 3.05) is 26.2 Å². The van der Waals surface area contributed by atoms with Gasteiger partial charge in [-0.1, -0.05) is 12.8 Å². The molecule has 16 heavy (non-hydrogen) atoms. The van der Waals surface area contributed by atoms with E-state index in [2.05, 4.69) is 10.2 Å². The summed E-state index contributed by atoms with van der Waals surface area (Å²) in [7, 11) is 0. The zero-order valence-electron chi connectivity index (χ0n) is 10.5. The minimum absolute atomic E-state index is 0.791. The zero-order chi connectivity index (χ0) is 10.8. The molecule has 3 rings (SSSR count). The smallest absolute Gasteiger partial charge is 0.0195 e. The molecular formula is C14H26N2. The van der Waals surface area contributed by atoms with Crippen molar-refractivity contribution in [3.05, 3.63) is 0 Å². The van der Waals surface area contributed by atoms with Crippen LogP contribution in [0.4, 0.5) is 0 Å². The number of nitrogens with zero attached hydrogens (tertiary/aromatic N) is 1. The lowest BCUT2D eigenvalue weighted by Crippen LogP contribution is -2.44. The normalized spacial score (nSPS) is 34.9. The van der Waals surface area contributed by atoms with Crippen molar-refractivity contribution in [3.8, 4) is 0 Å². The third-order valence-electron chi connectivity index (χ3n) is 5.22. The van der Waals surface area contributed by atoms with Gasteiger partial charge in [0.05, 0.1) is 0 Å². The Kier molecular flexibility index (Phi) is 3.21. The number of hydrogen-bond donors (Lipinski definition) is 1. The predicted molar refractivity (Wildman–Crippen MR) is 67.6 cm³/mol. The summed E-state index contributed by atoms with van der Waals surface area (Å²) in [6, 6.07) is 0.803. The largest absolute Gasteiger partial charge is 0.313 e. The average molecular weight is 222 g/mol. The van der Waals surface area contributed by atoms with Gasteiger partial charge in [-0.3, -0.25) is 0 Å². The maximum atomic E-state index is 3.62. The number of piperidine rings is 1. The van der Waals surface area contributed by atoms with Crippen LogP contribution in [0.5, 0.6) is 0 Å². The summed E-state index contributed by atoms with van der Waals surface area (Å²) < 4.78 is 0. The van der Waals surface area contributed by atoms with Gasteiger partial charge in [0, 0.05) is 12.6 Å². The summed E-state index contributed by atoms with van der Waals surface area (Å²) in [6.07, 6.45) is 11.8. The quantitative estimate of drug-likeness (QED) is 0.772. The van der Waals surface area contributed by atoms with Crippen molar-refractivity contribution in [3.63, 3.8) is 0 Å². The highest BCUT2D eigenvalue weighted by Gasteiger charge is 2.37. The second-order valence-corrected chi connectivity index (χ2v) is 6.30. The summed E-state index contributed by atoms with van der Waals surface area (Å²) in [6.45, 7) is 5.31. The Morgan fingerprint density at radius 1 is 1.00 bits per heavy atom. The van der Waals surface area contributed by atoms with Crippen LogP contribution in [-0.4, -0.2) is 37.1 Å². The number of rotatable bonds is 2. The first-order chi connectivity index (χ1) is 7.86. The van der Waals surface area contributed by atoms with E-state index in [1.54, 1.807) is 0 Å². The molecule has 0 bridgehead atoms. The Balaban J connectivity index is 1.46. The van der Waals surface area contributed by atoms with Gasteiger partial charge in [-0.05, 0) is 63.6 Å². The van der Waals surface area contributed by atoms with Gasteiger partial charge < -0.3 is 10.2 Å². The van der Waals surface area contributed by atoms with E-state index in [4.69, 9.17) is 0 Å². The van der Waals surface area contributed by atoms with Crippen molar-refractivity contribution in [2.24, 2.45) is 5.41 Å². The Hall–Kier alpha value is -0.0800. The molecule has 2 heteroatoms. The summed E-state index contributed by atoms with van der Waals surface area (Å²) >= 11 is 0. The molecule has 1 spiro atoms. The van der Waals surface area contributed by atoms with Gasteiger partial charge in [0.25, 0.3) is 0 Å². The van der Waals surface area contributed by atoms with Crippen LogP contribution in [0.25, 0.3) is 0 Å². The van der Waals surface area contributed by atoms with Crippen LogP contribution in [0.3, 0.4) is 0 Å². The molecule has 1 aliphatic carbocycles. The molecule has 92 valence electrons. The highest BCUT2D eigenvalue weighted by molar-refractivity contribution is 4.90. The minimum Gasteiger partial charge on any atom is -0.313 e. The molecule has 2 aliphatic heterocycles. The molecule has 0 radical (unpaired) electrons. The van der Waals surface area contributed by atoms with Crippen LogP contribution in [-0.2, 0) is 0 Å². The molecule has 2 saturated heterocycles. The highest BCUT2D eigenvalue weighted by atomic mass is 15.2. The maximum absolute atomic E-state index is 3.62. The van der Waals surface area contributed by atoms with E-state index in [9.17, 15) is 0 Å². The Morgan fingerprint density at radius 3 is 2.38 bits per heavy atom. The monoisotopic (exact) mass is 222 g/mol. The molecule has 2 nitrogen and oxygen atoms in total. The van der Waals surface area contributed by atoms with Crippen LogP contribution in [0.1, 0.15) is 51.4 Å². The fraction of sp³-hybridized carbons (Fsp3) is 1.00. The summed E-state index contributed by atoms with van der Waals surface area (Å²) in [4.78, 5) is 2.71. The lowest BCUT2D eigenvalue weighted by atomic mass is 9.77. The molecular weight excluding hydrogens is 196 g/mol. The first-order valence-corrected chi connectivity index (χ1v) is 7.32. The van der Waals surface area contributed by atoms with Crippen LogP contribution < -0.4 is 5.32 Å². The summed E-state index contributed by atoms with van der Waals surface area (Å²) in [5.41, 5.74) is 0.791. The SMILES string of the molecule is C1CNC(CN2CCC3(CCCC3)CC2)C1. The van der Waals surface area contributed by atoms with E-state index >= 15 is 0 Å². The fourth-order valence-electron chi connectivity index (χ4n) is 4.06. The van der Waals surface area contributed by atoms with Crippen molar-refractivity contribution in [1.82, 2.24) is 10.2 Å². The second-order valence-electron chi connectivity index (χ2n) is 6.30. The Labute approximate surface area is 99.8 Å². The highest BCUT2D eigenvalue weighted by Crippen LogP contribution is 2.46. The Bertz CT molecular complexity index is 217. The molecule has 2 heterocycles. The molecule has 1 unspecified atom stereocenters. The van der Waals surface area contributed by atoms with Gasteiger partial charge in [0.2, 0.25) is 0 Å². The standard InChI is InChI=1S/C14H26N2/c1-2-6-14(5-1)7-10-16(11-8-14)12-13-4-3-9-15-13/h13,15H,1-12H2. The van der Waals surface area contributed by atoms with Crippen molar-refractivity contribution in [2.45, 2.75) is 57.4 Å². The molecule has 1 N–H and O–H groups in total. The van der Waals surface area contributed by atoms with Gasteiger partial charge in [-0.15, -0.1) is 0 Å². The van der Waals surface area contributed by atoms with Crippen LogP contribution in [0.2, 0.25) is 0 Å². The molecule has 3 aliphatic rings. The van der Waals surface area contributed by atoms with Crippen molar-refractivity contribution in [1.29, 1.82) is 0 Å². The van der Waals surface area contributed by atoms with Gasteiger partial charge in [-0.25, -0.2) is 0 Å². The van der Waals surface area contributed by atoms with E-state index in [1.165, 1.54) is 77.5 Å². The van der Waals surface area contributed by atoms with Crippen LogP contribution in [0.15, 0.2) is 0 Å². The maximum Gasteiger partial charge on any atom is 0.0195 e. The number of likely N-dealkylation sites (tertiary alicyclic amines) is 1. The molecule has 1 saturated carbocycles. The zero-order valence-corrected chi connectivity index (χ0v) is 10.5. The minimum atomic E-state index is 0.791. The molecule has 0 amide bonds. The van der Waals surface area contributed by atoms with E-state index in [-0.39, 0.29) is 0 Å². The topological polar surface area (TPSA) is 15.3 Å². The molecule has 0 aromatic carbocycles. The summed E-state index contributed by atoms with van der Waals surface area (Å²) in [5.74, 6) is 0. The van der Waals surface area contributed by atoms with Crippen LogP contribution >= 0.6 is 0 Å². The molecule has 3 fully saturated rings. The van der Waals surface area contributed by atoms with Gasteiger partial charge in [0.1, 0.15) is 0 Å². The second kappa shape index (κ2) is 4.66. The third kappa shape index (κ3) is 2.28. The molecule has 0 aromatic rings. The Morgan fingerprint density at radius 2 is 1.75 bits per heavy atom. The lowest BCUT2D eigenvalue weighted by molar-refractivity contribution is 0.102. The predicted octanol–water partition coefficient (Wildman–Crippen LogP) is 2.39. The van der Waals surface area contributed by atoms with Crippen molar-refractivity contribution < 1.29 is 0 Å². The van der Waals surface area contributed by atoms with Gasteiger partial charge >= 0.3 is 0 Å². The number of nitrogens with one attached hydrogen (secondary N) is 1. The van der Waals surface area contributed by atoms with E-state index < -0.39 is 0 Å². The van der Waals surface area contributed by atoms with E-state index in [0.29, 0.717) is 0 Å². The fourth-order valence-corrected chi connectivity index (χ4v) is 4.06. The van der Waals surface area contributed by atoms with Crippen LogP contribution in [0, 0.1) is 5.41 Å². The first-order valence-electron chi connectivity index (χ1n) is 7.32. The van der Waals surface area contributed by atoms with E-state index in [0.717, 1.165) is 11.5 Å². The van der Waals surface area contributed by atoms with Gasteiger partial charge in [-0.2, -0.15) is 0 Å². The van der Waals surface area contributed by atoms with Crippen molar-refractivity contribution >= 4 is 0 Å². The number of hydrogen-bond acceptors (Lipinski definition) is 2. The van der Waals surface area contributed by atoms with E-state index in [1.807, 2.05) is 0 Å². The summed E-state index contributed by atoms with van der Waals surface area (Å²) in [5, 5.41) is 3.62. The first kappa shape index (κ1) is 11.0. The molecule has 0 aromatic heterocycles. The third-order valence-corrected chi connectivity index (χ3v) is 5.22. The molecule has 1 atom stereocenters. The lowest BCUT2D eigenvalue weighted by Gasteiger charge is -2.40. The average Bonchev–Trinajstić information content (AvgIpc) is 2.94. The van der Waals surface area contributed by atoms with Gasteiger partial charge in [0.15, 0.2) is 0 Å².